The van der Waals surface area contributed by atoms with Crippen molar-refractivity contribution in [2.45, 2.75) is 25.9 Å². The van der Waals surface area contributed by atoms with Crippen molar-refractivity contribution < 1.29 is 4.74 Å². The van der Waals surface area contributed by atoms with Crippen LogP contribution >= 0.6 is 0 Å². The van der Waals surface area contributed by atoms with Gasteiger partial charge in [0.05, 0.1) is 5.60 Å². The summed E-state index contributed by atoms with van der Waals surface area (Å²) in [6.07, 6.45) is 1.18. The number of hydrogen-bond acceptors (Lipinski definition) is 2. The molecule has 1 aliphatic rings. The van der Waals surface area contributed by atoms with E-state index in [9.17, 15) is 0 Å². The lowest BCUT2D eigenvalue weighted by Crippen LogP contribution is -2.39. The highest BCUT2D eigenvalue weighted by Crippen LogP contribution is 2.30. The molecule has 0 saturated carbocycles. The molecule has 1 saturated heterocycles. The Kier molecular flexibility index (Phi) is 2.55. The first-order valence-electron chi connectivity index (χ1n) is 4.34. The fraction of sp³-hybridized carbons (Fsp3) is 1.00. The lowest BCUT2D eigenvalue weighted by Gasteiger charge is -2.31. The molecule has 0 spiro atoms. The molecule has 1 rings (SSSR count). The number of likely N-dealkylation sites (N-methyl/N-ethyl adjacent to an activating group) is 1. The molecule has 1 heterocycles. The number of rotatable bonds is 2. The second-order valence-electron chi connectivity index (χ2n) is 3.91. The smallest absolute Gasteiger partial charge is 0.0839 e. The zero-order valence-electron chi connectivity index (χ0n) is 8.05. The van der Waals surface area contributed by atoms with Gasteiger partial charge >= 0.3 is 0 Å². The maximum absolute atomic E-state index is 5.59. The SMILES string of the molecule is COC1(C(C)C)CCN(C)C1. The Morgan fingerprint density at radius 1 is 1.45 bits per heavy atom. The van der Waals surface area contributed by atoms with Gasteiger partial charge in [-0.3, -0.25) is 0 Å². The maximum atomic E-state index is 5.59. The third kappa shape index (κ3) is 1.57. The lowest BCUT2D eigenvalue weighted by atomic mass is 9.89. The first-order chi connectivity index (χ1) is 5.10. The normalized spacial score (nSPS) is 33.5. The van der Waals surface area contributed by atoms with E-state index in [0.29, 0.717) is 5.92 Å². The van der Waals surface area contributed by atoms with Crippen molar-refractivity contribution in [1.82, 2.24) is 4.90 Å². The molecule has 0 aliphatic carbocycles. The van der Waals surface area contributed by atoms with Gasteiger partial charge in [0.25, 0.3) is 0 Å². The molecule has 1 fully saturated rings. The van der Waals surface area contributed by atoms with E-state index in [1.807, 2.05) is 7.11 Å². The van der Waals surface area contributed by atoms with E-state index in [2.05, 4.69) is 25.8 Å². The molecular formula is C9H19NO. The van der Waals surface area contributed by atoms with Crippen LogP contribution in [0.15, 0.2) is 0 Å². The first kappa shape index (κ1) is 9.01. The number of likely N-dealkylation sites (tertiary alicyclic amines) is 1. The molecule has 1 aliphatic heterocycles. The molecular weight excluding hydrogens is 138 g/mol. The van der Waals surface area contributed by atoms with E-state index in [0.717, 1.165) is 6.54 Å². The summed E-state index contributed by atoms with van der Waals surface area (Å²) < 4.78 is 5.59. The van der Waals surface area contributed by atoms with Gasteiger partial charge in [-0.05, 0) is 19.4 Å². The monoisotopic (exact) mass is 157 g/mol. The predicted octanol–water partition coefficient (Wildman–Crippen LogP) is 1.36. The zero-order chi connectivity index (χ0) is 8.48. The van der Waals surface area contributed by atoms with Gasteiger partial charge in [-0.15, -0.1) is 0 Å². The standard InChI is InChI=1S/C9H19NO/c1-8(2)9(11-4)5-6-10(3)7-9/h8H,5-7H2,1-4H3. The summed E-state index contributed by atoms with van der Waals surface area (Å²) in [5.74, 6) is 0.623. The fourth-order valence-electron chi connectivity index (χ4n) is 1.87. The van der Waals surface area contributed by atoms with Gasteiger partial charge in [-0.2, -0.15) is 0 Å². The van der Waals surface area contributed by atoms with Crippen molar-refractivity contribution in [2.75, 3.05) is 27.2 Å². The molecule has 66 valence electrons. The summed E-state index contributed by atoms with van der Waals surface area (Å²) in [7, 11) is 3.99. The average Bonchev–Trinajstić information content (AvgIpc) is 2.33. The quantitative estimate of drug-likeness (QED) is 0.600. The third-order valence-corrected chi connectivity index (χ3v) is 2.91. The number of ether oxygens (including phenoxy) is 1. The molecule has 0 aromatic carbocycles. The molecule has 2 heteroatoms. The van der Waals surface area contributed by atoms with Crippen LogP contribution in [0.25, 0.3) is 0 Å². The van der Waals surface area contributed by atoms with E-state index >= 15 is 0 Å². The highest BCUT2D eigenvalue weighted by atomic mass is 16.5. The van der Waals surface area contributed by atoms with Gasteiger partial charge in [0.1, 0.15) is 0 Å². The van der Waals surface area contributed by atoms with Gasteiger partial charge in [-0.25, -0.2) is 0 Å². The van der Waals surface area contributed by atoms with E-state index < -0.39 is 0 Å². The van der Waals surface area contributed by atoms with Crippen LogP contribution in [0.4, 0.5) is 0 Å². The summed E-state index contributed by atoms with van der Waals surface area (Å²) in [5.41, 5.74) is 0.134. The molecule has 0 aromatic rings. The highest BCUT2D eigenvalue weighted by Gasteiger charge is 2.39. The van der Waals surface area contributed by atoms with E-state index in [1.165, 1.54) is 13.0 Å². The van der Waals surface area contributed by atoms with Crippen LogP contribution in [0.2, 0.25) is 0 Å². The topological polar surface area (TPSA) is 12.5 Å². The van der Waals surface area contributed by atoms with Crippen LogP contribution in [0.3, 0.4) is 0 Å². The summed E-state index contributed by atoms with van der Waals surface area (Å²) in [6, 6.07) is 0. The Balaban J connectivity index is 2.62. The average molecular weight is 157 g/mol. The Morgan fingerprint density at radius 3 is 2.27 bits per heavy atom. The van der Waals surface area contributed by atoms with Crippen molar-refractivity contribution in [2.24, 2.45) is 5.92 Å². The van der Waals surface area contributed by atoms with Crippen LogP contribution in [0.1, 0.15) is 20.3 Å². The molecule has 0 N–H and O–H groups in total. The van der Waals surface area contributed by atoms with Gasteiger partial charge in [0, 0.05) is 20.2 Å². The van der Waals surface area contributed by atoms with Crippen LogP contribution in [-0.4, -0.2) is 37.7 Å². The molecule has 0 amide bonds. The highest BCUT2D eigenvalue weighted by molar-refractivity contribution is 4.92. The van der Waals surface area contributed by atoms with E-state index in [4.69, 9.17) is 4.74 Å². The molecule has 1 atom stereocenters. The van der Waals surface area contributed by atoms with Crippen molar-refractivity contribution in [3.05, 3.63) is 0 Å². The summed E-state index contributed by atoms with van der Waals surface area (Å²) in [4.78, 5) is 2.34. The Labute approximate surface area is 69.5 Å². The molecule has 11 heavy (non-hydrogen) atoms. The predicted molar refractivity (Wildman–Crippen MR) is 46.7 cm³/mol. The number of hydrogen-bond donors (Lipinski definition) is 0. The Bertz CT molecular complexity index is 136. The van der Waals surface area contributed by atoms with Gasteiger partial charge in [-0.1, -0.05) is 13.8 Å². The molecule has 0 aromatic heterocycles. The van der Waals surface area contributed by atoms with Crippen LogP contribution in [0.5, 0.6) is 0 Å². The fourth-order valence-corrected chi connectivity index (χ4v) is 1.87. The Morgan fingerprint density at radius 2 is 2.09 bits per heavy atom. The minimum Gasteiger partial charge on any atom is -0.377 e. The Hall–Kier alpha value is -0.0800. The summed E-state index contributed by atoms with van der Waals surface area (Å²) in [6.45, 7) is 6.73. The largest absolute Gasteiger partial charge is 0.377 e. The number of methoxy groups -OCH3 is 1. The first-order valence-corrected chi connectivity index (χ1v) is 4.34. The second kappa shape index (κ2) is 3.11. The summed E-state index contributed by atoms with van der Waals surface area (Å²) >= 11 is 0. The third-order valence-electron chi connectivity index (χ3n) is 2.91. The summed E-state index contributed by atoms with van der Waals surface area (Å²) in [5, 5.41) is 0. The number of nitrogens with zero attached hydrogens (tertiary/aromatic N) is 1. The van der Waals surface area contributed by atoms with Crippen LogP contribution in [0, 0.1) is 5.92 Å². The molecule has 1 unspecified atom stereocenters. The van der Waals surface area contributed by atoms with E-state index in [-0.39, 0.29) is 5.60 Å². The lowest BCUT2D eigenvalue weighted by molar-refractivity contribution is -0.0368. The molecule has 0 bridgehead atoms. The van der Waals surface area contributed by atoms with E-state index in [1.54, 1.807) is 0 Å². The minimum atomic E-state index is 0.134. The van der Waals surface area contributed by atoms with Crippen molar-refractivity contribution in [3.63, 3.8) is 0 Å². The maximum Gasteiger partial charge on any atom is 0.0839 e. The van der Waals surface area contributed by atoms with Crippen LogP contribution in [-0.2, 0) is 4.74 Å². The van der Waals surface area contributed by atoms with Gasteiger partial charge < -0.3 is 9.64 Å². The van der Waals surface area contributed by atoms with Crippen LogP contribution < -0.4 is 0 Å². The zero-order valence-corrected chi connectivity index (χ0v) is 8.05. The van der Waals surface area contributed by atoms with Crippen molar-refractivity contribution in [1.29, 1.82) is 0 Å². The second-order valence-corrected chi connectivity index (χ2v) is 3.91. The van der Waals surface area contributed by atoms with Crippen molar-refractivity contribution >= 4 is 0 Å². The van der Waals surface area contributed by atoms with Gasteiger partial charge in [0.15, 0.2) is 0 Å². The van der Waals surface area contributed by atoms with Gasteiger partial charge in [0.2, 0.25) is 0 Å². The van der Waals surface area contributed by atoms with Crippen molar-refractivity contribution in [3.8, 4) is 0 Å². The minimum absolute atomic E-state index is 0.134. The molecule has 2 nitrogen and oxygen atoms in total. The molecule has 0 radical (unpaired) electrons.